The molecule has 0 aliphatic heterocycles. The second-order valence-corrected chi connectivity index (χ2v) is 5.58. The van der Waals surface area contributed by atoms with Gasteiger partial charge in [0.05, 0.1) is 0 Å². The van der Waals surface area contributed by atoms with Gasteiger partial charge in [-0.1, -0.05) is 18.1 Å². The van der Waals surface area contributed by atoms with Gasteiger partial charge in [-0.2, -0.15) is 0 Å². The summed E-state index contributed by atoms with van der Waals surface area (Å²) in [5, 5.41) is 7.50. The van der Waals surface area contributed by atoms with Gasteiger partial charge in [0.1, 0.15) is 23.8 Å². The smallest absolute Gasteiger partial charge is 0.134 e. The van der Waals surface area contributed by atoms with E-state index < -0.39 is 0 Å². The first-order valence-electron chi connectivity index (χ1n) is 7.67. The normalized spacial score (nSPS) is 17.5. The lowest BCUT2D eigenvalue weighted by Gasteiger charge is -2.26. The molecule has 1 aliphatic rings. The molecule has 3 rings (SSSR count). The monoisotopic (exact) mass is 286 g/mol. The molecule has 1 N–H and O–H groups in total. The van der Waals surface area contributed by atoms with E-state index in [2.05, 4.69) is 35.6 Å². The van der Waals surface area contributed by atoms with Crippen LogP contribution in [-0.2, 0) is 13.0 Å². The highest BCUT2D eigenvalue weighted by atomic mass is 16.5. The fourth-order valence-electron chi connectivity index (χ4n) is 2.98. The molecule has 0 amide bonds. The van der Waals surface area contributed by atoms with Crippen LogP contribution in [0.5, 0.6) is 5.75 Å². The van der Waals surface area contributed by atoms with Gasteiger partial charge in [-0.3, -0.25) is 0 Å². The molecule has 1 unspecified atom stereocenters. The van der Waals surface area contributed by atoms with E-state index in [-0.39, 0.29) is 0 Å². The Bertz CT molecular complexity index is 607. The summed E-state index contributed by atoms with van der Waals surface area (Å²) < 4.78 is 10.9. The summed E-state index contributed by atoms with van der Waals surface area (Å²) in [6, 6.07) is 8.82. The minimum atomic E-state index is 0.451. The van der Waals surface area contributed by atoms with Crippen molar-refractivity contribution in [3.63, 3.8) is 0 Å². The van der Waals surface area contributed by atoms with E-state index in [0.717, 1.165) is 30.2 Å². The quantitative estimate of drug-likeness (QED) is 0.913. The Morgan fingerprint density at radius 2 is 2.29 bits per heavy atom. The van der Waals surface area contributed by atoms with Gasteiger partial charge in [0.15, 0.2) is 0 Å². The molecule has 21 heavy (non-hydrogen) atoms. The molecule has 1 aliphatic carbocycles. The predicted octanol–water partition coefficient (Wildman–Crippen LogP) is 3.55. The van der Waals surface area contributed by atoms with Crippen molar-refractivity contribution < 1.29 is 9.26 Å². The number of nitrogens with zero attached hydrogens (tertiary/aromatic N) is 1. The Hall–Kier alpha value is -1.81. The lowest BCUT2D eigenvalue weighted by Crippen LogP contribution is -2.24. The SMILES string of the molecule is CCNC1CCCc2cc(OCc3cc(C)on3)ccc21. The van der Waals surface area contributed by atoms with Crippen molar-refractivity contribution in [1.29, 1.82) is 0 Å². The standard InChI is InChI=1S/C17H22N2O2/c1-3-18-17-6-4-5-13-10-15(7-8-16(13)17)20-11-14-9-12(2)21-19-14/h7-10,17-18H,3-6,11H2,1-2H3. The highest BCUT2D eigenvalue weighted by Crippen LogP contribution is 2.32. The summed E-state index contributed by atoms with van der Waals surface area (Å²) in [6.07, 6.45) is 3.59. The van der Waals surface area contributed by atoms with Crippen LogP contribution in [0.2, 0.25) is 0 Å². The molecule has 0 saturated carbocycles. The Labute approximate surface area is 125 Å². The van der Waals surface area contributed by atoms with Gasteiger partial charge in [0.2, 0.25) is 0 Å². The Morgan fingerprint density at radius 3 is 3.05 bits per heavy atom. The summed E-state index contributed by atoms with van der Waals surface area (Å²) in [5.41, 5.74) is 3.66. The number of ether oxygens (including phenoxy) is 1. The Morgan fingerprint density at radius 1 is 1.38 bits per heavy atom. The van der Waals surface area contributed by atoms with Gasteiger partial charge >= 0.3 is 0 Å². The van der Waals surface area contributed by atoms with Crippen LogP contribution in [0.1, 0.15) is 48.4 Å². The molecule has 1 aromatic carbocycles. The highest BCUT2D eigenvalue weighted by molar-refractivity contribution is 5.39. The zero-order chi connectivity index (χ0) is 14.7. The molecule has 1 aromatic heterocycles. The van der Waals surface area contributed by atoms with Crippen molar-refractivity contribution in [2.24, 2.45) is 0 Å². The average Bonchev–Trinajstić information content (AvgIpc) is 2.91. The van der Waals surface area contributed by atoms with E-state index in [1.165, 1.54) is 24.0 Å². The molecule has 0 saturated heterocycles. The zero-order valence-electron chi connectivity index (χ0n) is 12.7. The van der Waals surface area contributed by atoms with Crippen molar-refractivity contribution in [1.82, 2.24) is 10.5 Å². The van der Waals surface area contributed by atoms with Crippen molar-refractivity contribution in [2.75, 3.05) is 6.54 Å². The highest BCUT2D eigenvalue weighted by Gasteiger charge is 2.19. The number of benzene rings is 1. The largest absolute Gasteiger partial charge is 0.487 e. The summed E-state index contributed by atoms with van der Waals surface area (Å²) in [4.78, 5) is 0. The van der Waals surface area contributed by atoms with Crippen molar-refractivity contribution in [3.05, 3.63) is 46.8 Å². The van der Waals surface area contributed by atoms with Crippen molar-refractivity contribution in [3.8, 4) is 5.75 Å². The van der Waals surface area contributed by atoms with Crippen LogP contribution in [0.25, 0.3) is 0 Å². The number of fused-ring (bicyclic) bond motifs is 1. The fourth-order valence-corrected chi connectivity index (χ4v) is 2.98. The van der Waals surface area contributed by atoms with Crippen LogP contribution in [0.3, 0.4) is 0 Å². The molecular weight excluding hydrogens is 264 g/mol. The Balaban J connectivity index is 1.70. The number of aromatic nitrogens is 1. The molecule has 0 fully saturated rings. The minimum absolute atomic E-state index is 0.451. The molecule has 4 nitrogen and oxygen atoms in total. The third-order valence-corrected chi connectivity index (χ3v) is 3.94. The number of aryl methyl sites for hydroxylation is 2. The third kappa shape index (κ3) is 3.27. The van der Waals surface area contributed by atoms with Crippen LogP contribution < -0.4 is 10.1 Å². The maximum atomic E-state index is 5.82. The van der Waals surface area contributed by atoms with E-state index in [1.54, 1.807) is 0 Å². The molecule has 1 heterocycles. The maximum absolute atomic E-state index is 5.82. The zero-order valence-corrected chi connectivity index (χ0v) is 12.7. The van der Waals surface area contributed by atoms with Gasteiger partial charge in [-0.15, -0.1) is 0 Å². The number of hydrogen-bond acceptors (Lipinski definition) is 4. The summed E-state index contributed by atoms with van der Waals surface area (Å²) in [5.74, 6) is 1.72. The van der Waals surface area contributed by atoms with Gasteiger partial charge in [-0.05, 0) is 56.0 Å². The van der Waals surface area contributed by atoms with E-state index in [1.807, 2.05) is 13.0 Å². The summed E-state index contributed by atoms with van der Waals surface area (Å²) in [7, 11) is 0. The lowest BCUT2D eigenvalue weighted by molar-refractivity contribution is 0.287. The molecule has 2 aromatic rings. The van der Waals surface area contributed by atoms with Crippen LogP contribution in [-0.4, -0.2) is 11.7 Å². The molecule has 0 bridgehead atoms. The molecule has 0 spiro atoms. The van der Waals surface area contributed by atoms with Crippen LogP contribution in [0.15, 0.2) is 28.8 Å². The van der Waals surface area contributed by atoms with Gasteiger partial charge < -0.3 is 14.6 Å². The van der Waals surface area contributed by atoms with E-state index in [0.29, 0.717) is 12.6 Å². The van der Waals surface area contributed by atoms with E-state index in [9.17, 15) is 0 Å². The topological polar surface area (TPSA) is 47.3 Å². The average molecular weight is 286 g/mol. The van der Waals surface area contributed by atoms with Crippen molar-refractivity contribution in [2.45, 2.75) is 45.8 Å². The Kier molecular flexibility index (Phi) is 4.25. The number of hydrogen-bond donors (Lipinski definition) is 1. The van der Waals surface area contributed by atoms with Crippen molar-refractivity contribution >= 4 is 0 Å². The van der Waals surface area contributed by atoms with E-state index >= 15 is 0 Å². The van der Waals surface area contributed by atoms with Crippen LogP contribution >= 0.6 is 0 Å². The second-order valence-electron chi connectivity index (χ2n) is 5.58. The molecule has 112 valence electrons. The maximum Gasteiger partial charge on any atom is 0.134 e. The molecule has 4 heteroatoms. The van der Waals surface area contributed by atoms with Gasteiger partial charge in [0, 0.05) is 12.1 Å². The number of nitrogens with one attached hydrogen (secondary N) is 1. The number of rotatable bonds is 5. The summed E-state index contributed by atoms with van der Waals surface area (Å²) >= 11 is 0. The van der Waals surface area contributed by atoms with Crippen LogP contribution in [0.4, 0.5) is 0 Å². The predicted molar refractivity (Wildman–Crippen MR) is 81.4 cm³/mol. The first-order chi connectivity index (χ1) is 10.3. The lowest BCUT2D eigenvalue weighted by atomic mass is 9.87. The first-order valence-corrected chi connectivity index (χ1v) is 7.67. The molecular formula is C17H22N2O2. The molecule has 0 radical (unpaired) electrons. The first kappa shape index (κ1) is 14.1. The van der Waals surface area contributed by atoms with E-state index in [4.69, 9.17) is 9.26 Å². The van der Waals surface area contributed by atoms with Gasteiger partial charge in [0.25, 0.3) is 0 Å². The summed E-state index contributed by atoms with van der Waals surface area (Å²) in [6.45, 7) is 5.50. The minimum Gasteiger partial charge on any atom is -0.487 e. The molecule has 1 atom stereocenters. The fraction of sp³-hybridized carbons (Fsp3) is 0.471. The van der Waals surface area contributed by atoms with Gasteiger partial charge in [-0.25, -0.2) is 0 Å². The van der Waals surface area contributed by atoms with Crippen LogP contribution in [0, 0.1) is 6.92 Å². The third-order valence-electron chi connectivity index (χ3n) is 3.94. The second kappa shape index (κ2) is 6.31.